The average molecular weight is 170 g/mol. The summed E-state index contributed by atoms with van der Waals surface area (Å²) in [7, 11) is 0.500. The van der Waals surface area contributed by atoms with Gasteiger partial charge in [0, 0.05) is 0 Å². The van der Waals surface area contributed by atoms with Crippen LogP contribution in [-0.2, 0) is 11.2 Å². The first kappa shape index (κ1) is 10.6. The van der Waals surface area contributed by atoms with Gasteiger partial charge in [0.1, 0.15) is 0 Å². The zero-order chi connectivity index (χ0) is 9.40. The number of carbonyl (C=O) groups is 1. The molecule has 0 bridgehead atoms. The van der Waals surface area contributed by atoms with E-state index in [0.29, 0.717) is 7.18 Å². The number of alkyl halides is 1. The second kappa shape index (κ2) is 6.34. The minimum atomic E-state index is -0.786. The van der Waals surface area contributed by atoms with Gasteiger partial charge in [-0.05, 0) is 5.56 Å². The first-order valence-electron chi connectivity index (χ1n) is 3.42. The van der Waals surface area contributed by atoms with Gasteiger partial charge in [0.15, 0.2) is 0 Å². The highest BCUT2D eigenvalue weighted by Gasteiger charge is 1.96. The molecule has 0 radical (unpaired) electrons. The van der Waals surface area contributed by atoms with Crippen molar-refractivity contribution in [3.63, 3.8) is 0 Å². The van der Waals surface area contributed by atoms with Crippen molar-refractivity contribution in [1.29, 1.82) is 0 Å². The van der Waals surface area contributed by atoms with Crippen LogP contribution >= 0.6 is 0 Å². The highest BCUT2D eigenvalue weighted by molar-refractivity contribution is 5.70. The van der Waals surface area contributed by atoms with Crippen LogP contribution in [0.25, 0.3) is 0 Å². The molecule has 66 valence electrons. The van der Waals surface area contributed by atoms with Gasteiger partial charge in [0.2, 0.25) is 0 Å². The Labute approximate surface area is 70.7 Å². The van der Waals surface area contributed by atoms with Crippen LogP contribution in [0, 0.1) is 0 Å². The maximum absolute atomic E-state index is 10.2. The van der Waals surface area contributed by atoms with Crippen molar-refractivity contribution in [1.82, 2.24) is 0 Å². The SMILES string of the molecule is CF.O=C(O)Cc1ccccc1. The molecule has 1 N–H and O–H groups in total. The molecule has 0 fully saturated rings. The lowest BCUT2D eigenvalue weighted by atomic mass is 10.2. The smallest absolute Gasteiger partial charge is 0.307 e. The van der Waals surface area contributed by atoms with E-state index in [1.165, 1.54) is 0 Å². The quantitative estimate of drug-likeness (QED) is 0.736. The average Bonchev–Trinajstić information content (AvgIpc) is 2.08. The molecule has 12 heavy (non-hydrogen) atoms. The van der Waals surface area contributed by atoms with Gasteiger partial charge in [-0.2, -0.15) is 0 Å². The molecular formula is C9H11FO2. The first-order valence-corrected chi connectivity index (χ1v) is 3.42. The molecule has 0 aromatic heterocycles. The van der Waals surface area contributed by atoms with E-state index in [4.69, 9.17) is 5.11 Å². The van der Waals surface area contributed by atoms with E-state index in [0.717, 1.165) is 5.56 Å². The van der Waals surface area contributed by atoms with Gasteiger partial charge in [0.05, 0.1) is 13.6 Å². The Morgan fingerprint density at radius 1 is 1.33 bits per heavy atom. The molecule has 0 saturated carbocycles. The number of hydrogen-bond donors (Lipinski definition) is 1. The standard InChI is InChI=1S/C8H8O2.CH3F/c9-8(10)6-7-4-2-1-3-5-7;1-2/h1-5H,6H2,(H,9,10);1H3. The predicted molar refractivity (Wildman–Crippen MR) is 44.8 cm³/mol. The van der Waals surface area contributed by atoms with Crippen molar-refractivity contribution in [2.24, 2.45) is 0 Å². The van der Waals surface area contributed by atoms with Gasteiger partial charge >= 0.3 is 5.97 Å². The van der Waals surface area contributed by atoms with Crippen molar-refractivity contribution in [3.05, 3.63) is 35.9 Å². The Hall–Kier alpha value is -1.38. The van der Waals surface area contributed by atoms with Crippen LogP contribution in [0.4, 0.5) is 4.39 Å². The second-order valence-corrected chi connectivity index (χ2v) is 2.06. The third kappa shape index (κ3) is 4.44. The van der Waals surface area contributed by atoms with Gasteiger partial charge in [0.25, 0.3) is 0 Å². The van der Waals surface area contributed by atoms with E-state index in [9.17, 15) is 9.18 Å². The molecule has 0 aliphatic rings. The molecule has 1 aromatic rings. The van der Waals surface area contributed by atoms with Gasteiger partial charge in [-0.1, -0.05) is 30.3 Å². The Kier molecular flexibility index (Phi) is 5.61. The number of benzene rings is 1. The Morgan fingerprint density at radius 2 is 1.83 bits per heavy atom. The van der Waals surface area contributed by atoms with E-state index < -0.39 is 5.97 Å². The first-order chi connectivity index (χ1) is 5.79. The summed E-state index contributed by atoms with van der Waals surface area (Å²) in [5.74, 6) is -0.786. The number of halogens is 1. The minimum absolute atomic E-state index is 0.112. The van der Waals surface area contributed by atoms with Crippen molar-refractivity contribution in [3.8, 4) is 0 Å². The Balaban J connectivity index is 0.000000561. The lowest BCUT2D eigenvalue weighted by Gasteiger charge is -1.92. The number of carboxylic acid groups (broad SMARTS) is 1. The van der Waals surface area contributed by atoms with Crippen LogP contribution in [0.5, 0.6) is 0 Å². The highest BCUT2D eigenvalue weighted by Crippen LogP contribution is 1.98. The molecule has 0 saturated heterocycles. The molecular weight excluding hydrogens is 159 g/mol. The summed E-state index contributed by atoms with van der Waals surface area (Å²) in [6, 6.07) is 9.13. The minimum Gasteiger partial charge on any atom is -0.481 e. The molecule has 2 nitrogen and oxygen atoms in total. The fourth-order valence-corrected chi connectivity index (χ4v) is 0.770. The zero-order valence-electron chi connectivity index (χ0n) is 6.83. The monoisotopic (exact) mass is 170 g/mol. The fourth-order valence-electron chi connectivity index (χ4n) is 0.770. The number of carboxylic acids is 1. The normalized spacial score (nSPS) is 8.17. The molecule has 0 spiro atoms. The highest BCUT2D eigenvalue weighted by atomic mass is 19.1. The van der Waals surface area contributed by atoms with E-state index >= 15 is 0 Å². The van der Waals surface area contributed by atoms with Crippen LogP contribution < -0.4 is 0 Å². The summed E-state index contributed by atoms with van der Waals surface area (Å²) < 4.78 is 9.50. The lowest BCUT2D eigenvalue weighted by Crippen LogP contribution is -1.98. The van der Waals surface area contributed by atoms with Crippen molar-refractivity contribution in [2.45, 2.75) is 6.42 Å². The molecule has 0 atom stereocenters. The lowest BCUT2D eigenvalue weighted by molar-refractivity contribution is -0.136. The number of rotatable bonds is 2. The fraction of sp³-hybridized carbons (Fsp3) is 0.222. The van der Waals surface area contributed by atoms with E-state index in [-0.39, 0.29) is 6.42 Å². The van der Waals surface area contributed by atoms with Crippen LogP contribution in [-0.4, -0.2) is 18.3 Å². The molecule has 0 amide bonds. The van der Waals surface area contributed by atoms with Crippen molar-refractivity contribution in [2.75, 3.05) is 7.18 Å². The summed E-state index contributed by atoms with van der Waals surface area (Å²) >= 11 is 0. The van der Waals surface area contributed by atoms with Gasteiger partial charge in [-0.3, -0.25) is 9.18 Å². The van der Waals surface area contributed by atoms with Crippen LogP contribution in [0.3, 0.4) is 0 Å². The molecule has 0 aliphatic carbocycles. The Bertz CT molecular complexity index is 221. The van der Waals surface area contributed by atoms with Crippen LogP contribution in [0.15, 0.2) is 30.3 Å². The molecule has 0 aliphatic heterocycles. The summed E-state index contributed by atoms with van der Waals surface area (Å²) in [5, 5.41) is 8.37. The van der Waals surface area contributed by atoms with E-state index in [1.54, 1.807) is 12.1 Å². The summed E-state index contributed by atoms with van der Waals surface area (Å²) in [6.45, 7) is 0. The van der Waals surface area contributed by atoms with Gasteiger partial charge in [-0.25, -0.2) is 0 Å². The van der Waals surface area contributed by atoms with E-state index in [2.05, 4.69) is 0 Å². The summed E-state index contributed by atoms with van der Waals surface area (Å²) in [5.41, 5.74) is 0.843. The van der Waals surface area contributed by atoms with Crippen LogP contribution in [0.2, 0.25) is 0 Å². The molecule has 0 heterocycles. The van der Waals surface area contributed by atoms with Crippen molar-refractivity contribution >= 4 is 5.97 Å². The summed E-state index contributed by atoms with van der Waals surface area (Å²) in [4.78, 5) is 10.2. The maximum Gasteiger partial charge on any atom is 0.307 e. The van der Waals surface area contributed by atoms with E-state index in [1.807, 2.05) is 18.2 Å². The number of aliphatic carboxylic acids is 1. The summed E-state index contributed by atoms with van der Waals surface area (Å²) in [6.07, 6.45) is 0.112. The predicted octanol–water partition coefficient (Wildman–Crippen LogP) is 1.90. The van der Waals surface area contributed by atoms with Crippen molar-refractivity contribution < 1.29 is 14.3 Å². The van der Waals surface area contributed by atoms with Gasteiger partial charge in [-0.15, -0.1) is 0 Å². The Morgan fingerprint density at radius 3 is 2.25 bits per heavy atom. The zero-order valence-corrected chi connectivity index (χ0v) is 6.83. The molecule has 1 aromatic carbocycles. The third-order valence-corrected chi connectivity index (χ3v) is 1.20. The maximum atomic E-state index is 10.2. The van der Waals surface area contributed by atoms with Gasteiger partial charge < -0.3 is 5.11 Å². The van der Waals surface area contributed by atoms with Crippen LogP contribution in [0.1, 0.15) is 5.56 Å². The molecule has 1 rings (SSSR count). The third-order valence-electron chi connectivity index (χ3n) is 1.20. The topological polar surface area (TPSA) is 37.3 Å². The largest absolute Gasteiger partial charge is 0.481 e. The molecule has 0 unspecified atom stereocenters. The number of hydrogen-bond acceptors (Lipinski definition) is 1. The molecule has 3 heteroatoms. The second-order valence-electron chi connectivity index (χ2n) is 2.06.